The zero-order valence-electron chi connectivity index (χ0n) is 18.6. The molecule has 0 bridgehead atoms. The third-order valence-electron chi connectivity index (χ3n) is 5.88. The summed E-state index contributed by atoms with van der Waals surface area (Å²) in [5.41, 5.74) is 13.1. The predicted octanol–water partition coefficient (Wildman–Crippen LogP) is 2.44. The maximum Gasteiger partial charge on any atom is 0.319 e. The van der Waals surface area contributed by atoms with Gasteiger partial charge >= 0.3 is 6.03 Å². The minimum atomic E-state index is -3.82. The summed E-state index contributed by atoms with van der Waals surface area (Å²) in [6.45, 7) is 0.714. The van der Waals surface area contributed by atoms with Crippen molar-refractivity contribution in [3.05, 3.63) is 60.4 Å². The molecular formula is C23H27N7O3S. The fourth-order valence-electron chi connectivity index (χ4n) is 4.21. The van der Waals surface area contributed by atoms with E-state index in [9.17, 15) is 13.2 Å². The standard InChI is InChI=1S/C23H27N7O3S/c24-12-14-27-22(31)28-17-8-6-16(7-9-17)21-29-18(15-19(25)30-21)23(10-2-3-11-23)34(32,33)20-5-1-4-13-26-20/h1,4-9,13,15H,2-3,10-12,14,24H2,(H2,25,29,30)(H2,27,28,31). The average molecular weight is 482 g/mol. The number of pyridine rings is 1. The van der Waals surface area contributed by atoms with Crippen LogP contribution in [0.5, 0.6) is 0 Å². The number of urea groups is 1. The Bertz CT molecular complexity index is 1260. The van der Waals surface area contributed by atoms with Gasteiger partial charge in [0.1, 0.15) is 10.6 Å². The minimum absolute atomic E-state index is 0.0268. The highest BCUT2D eigenvalue weighted by Crippen LogP contribution is 2.47. The van der Waals surface area contributed by atoms with Crippen LogP contribution in [0.3, 0.4) is 0 Å². The SMILES string of the molecule is NCCNC(=O)Nc1ccc(-c2nc(N)cc(C3(S(=O)(=O)c4ccccn4)CCCC3)n2)cc1. The Balaban J connectivity index is 1.68. The van der Waals surface area contributed by atoms with Gasteiger partial charge in [0.25, 0.3) is 0 Å². The van der Waals surface area contributed by atoms with E-state index in [-0.39, 0.29) is 16.9 Å². The lowest BCUT2D eigenvalue weighted by Gasteiger charge is -2.28. The number of carbonyl (C=O) groups is 1. The molecule has 1 saturated carbocycles. The predicted molar refractivity (Wildman–Crippen MR) is 130 cm³/mol. The third kappa shape index (κ3) is 4.57. The summed E-state index contributed by atoms with van der Waals surface area (Å²) in [6, 6.07) is 12.9. The number of nitrogen functional groups attached to an aromatic ring is 1. The van der Waals surface area contributed by atoms with Gasteiger partial charge in [-0.2, -0.15) is 0 Å². The van der Waals surface area contributed by atoms with Crippen LogP contribution in [0, 0.1) is 0 Å². The molecule has 0 unspecified atom stereocenters. The van der Waals surface area contributed by atoms with Gasteiger partial charge in [-0.05, 0) is 49.2 Å². The summed E-state index contributed by atoms with van der Waals surface area (Å²) >= 11 is 0. The van der Waals surface area contributed by atoms with E-state index in [4.69, 9.17) is 11.5 Å². The van der Waals surface area contributed by atoms with Crippen LogP contribution in [0.1, 0.15) is 31.4 Å². The van der Waals surface area contributed by atoms with Crippen molar-refractivity contribution in [3.8, 4) is 11.4 Å². The molecule has 11 heteroatoms. The monoisotopic (exact) mass is 481 g/mol. The molecule has 1 aromatic carbocycles. The highest BCUT2D eigenvalue weighted by molar-refractivity contribution is 7.92. The van der Waals surface area contributed by atoms with Crippen LogP contribution in [0.4, 0.5) is 16.3 Å². The van der Waals surface area contributed by atoms with Gasteiger partial charge in [-0.25, -0.2) is 28.2 Å². The van der Waals surface area contributed by atoms with Crippen LogP contribution in [0.25, 0.3) is 11.4 Å². The topological polar surface area (TPSA) is 166 Å². The van der Waals surface area contributed by atoms with Crippen molar-refractivity contribution in [1.29, 1.82) is 0 Å². The molecule has 2 amide bonds. The van der Waals surface area contributed by atoms with Gasteiger partial charge in [0.05, 0.1) is 5.69 Å². The largest absolute Gasteiger partial charge is 0.384 e. The van der Waals surface area contributed by atoms with Crippen molar-refractivity contribution in [1.82, 2.24) is 20.3 Å². The Kier molecular flexibility index (Phi) is 6.75. The molecule has 6 N–H and O–H groups in total. The first-order valence-corrected chi connectivity index (χ1v) is 12.5. The van der Waals surface area contributed by atoms with Gasteiger partial charge in [0, 0.05) is 36.6 Å². The molecule has 2 aromatic heterocycles. The molecule has 1 aliphatic rings. The molecule has 0 saturated heterocycles. The maximum absolute atomic E-state index is 13.7. The molecule has 2 heterocycles. The molecule has 1 aliphatic carbocycles. The van der Waals surface area contributed by atoms with Crippen LogP contribution in [-0.2, 0) is 14.6 Å². The second-order valence-electron chi connectivity index (χ2n) is 8.12. The number of anilines is 2. The second kappa shape index (κ2) is 9.74. The number of carbonyl (C=O) groups excluding carboxylic acids is 1. The van der Waals surface area contributed by atoms with Crippen LogP contribution >= 0.6 is 0 Å². The summed E-state index contributed by atoms with van der Waals surface area (Å²) in [7, 11) is -3.82. The molecule has 4 rings (SSSR count). The number of benzene rings is 1. The van der Waals surface area contributed by atoms with Gasteiger partial charge in [-0.3, -0.25) is 0 Å². The number of hydrogen-bond donors (Lipinski definition) is 4. The summed E-state index contributed by atoms with van der Waals surface area (Å²) < 4.78 is 26.2. The van der Waals surface area contributed by atoms with E-state index in [1.165, 1.54) is 12.3 Å². The Morgan fingerprint density at radius 2 is 1.79 bits per heavy atom. The fourth-order valence-corrected chi connectivity index (χ4v) is 6.27. The Hall–Kier alpha value is -3.57. The van der Waals surface area contributed by atoms with E-state index in [1.807, 2.05) is 0 Å². The summed E-state index contributed by atoms with van der Waals surface area (Å²) in [4.78, 5) is 24.9. The zero-order chi connectivity index (χ0) is 24.2. The Labute approximate surface area is 198 Å². The van der Waals surface area contributed by atoms with E-state index in [0.29, 0.717) is 48.7 Å². The highest BCUT2D eigenvalue weighted by Gasteiger charge is 2.50. The van der Waals surface area contributed by atoms with Crippen molar-refractivity contribution in [2.75, 3.05) is 24.1 Å². The van der Waals surface area contributed by atoms with Crippen LogP contribution < -0.4 is 22.1 Å². The van der Waals surface area contributed by atoms with E-state index >= 15 is 0 Å². The normalized spacial score (nSPS) is 15.1. The number of nitrogens with one attached hydrogen (secondary N) is 2. The molecule has 34 heavy (non-hydrogen) atoms. The Morgan fingerprint density at radius 1 is 1.06 bits per heavy atom. The molecule has 3 aromatic rings. The van der Waals surface area contributed by atoms with E-state index in [0.717, 1.165) is 12.8 Å². The lowest BCUT2D eigenvalue weighted by atomic mass is 10.0. The molecule has 1 fully saturated rings. The molecule has 0 spiro atoms. The van der Waals surface area contributed by atoms with Crippen molar-refractivity contribution in [2.24, 2.45) is 5.73 Å². The lowest BCUT2D eigenvalue weighted by Crippen LogP contribution is -2.35. The number of aromatic nitrogens is 3. The first kappa shape index (κ1) is 23.6. The first-order chi connectivity index (χ1) is 16.4. The van der Waals surface area contributed by atoms with Crippen molar-refractivity contribution in [2.45, 2.75) is 35.5 Å². The summed E-state index contributed by atoms with van der Waals surface area (Å²) in [5, 5.41) is 5.36. The van der Waals surface area contributed by atoms with Crippen LogP contribution in [-0.4, -0.2) is 42.5 Å². The number of hydrogen-bond acceptors (Lipinski definition) is 8. The van der Waals surface area contributed by atoms with Crippen LogP contribution in [0.2, 0.25) is 0 Å². The Morgan fingerprint density at radius 3 is 2.44 bits per heavy atom. The fraction of sp³-hybridized carbons (Fsp3) is 0.304. The van der Waals surface area contributed by atoms with Gasteiger partial charge in [0.2, 0.25) is 9.84 Å². The average Bonchev–Trinajstić information content (AvgIpc) is 3.35. The molecule has 0 aliphatic heterocycles. The smallest absolute Gasteiger partial charge is 0.319 e. The van der Waals surface area contributed by atoms with Crippen molar-refractivity contribution < 1.29 is 13.2 Å². The van der Waals surface area contributed by atoms with Gasteiger partial charge in [-0.15, -0.1) is 0 Å². The minimum Gasteiger partial charge on any atom is -0.384 e. The zero-order valence-corrected chi connectivity index (χ0v) is 19.4. The number of nitrogens with two attached hydrogens (primary N) is 2. The van der Waals surface area contributed by atoms with Gasteiger partial charge < -0.3 is 22.1 Å². The van der Waals surface area contributed by atoms with E-state index < -0.39 is 14.6 Å². The summed E-state index contributed by atoms with van der Waals surface area (Å²) in [6.07, 6.45) is 3.86. The van der Waals surface area contributed by atoms with Crippen molar-refractivity contribution >= 4 is 27.4 Å². The molecule has 0 atom stereocenters. The van der Waals surface area contributed by atoms with Crippen LogP contribution in [0.15, 0.2) is 59.8 Å². The second-order valence-corrected chi connectivity index (χ2v) is 10.3. The maximum atomic E-state index is 13.7. The highest BCUT2D eigenvalue weighted by atomic mass is 32.2. The number of amides is 2. The molecular weight excluding hydrogens is 454 g/mol. The molecule has 178 valence electrons. The first-order valence-electron chi connectivity index (χ1n) is 11.0. The molecule has 0 radical (unpaired) electrons. The van der Waals surface area contributed by atoms with Crippen molar-refractivity contribution in [3.63, 3.8) is 0 Å². The number of nitrogens with zero attached hydrogens (tertiary/aromatic N) is 3. The summed E-state index contributed by atoms with van der Waals surface area (Å²) in [5.74, 6) is 0.502. The van der Waals surface area contributed by atoms with E-state index in [1.54, 1.807) is 42.5 Å². The van der Waals surface area contributed by atoms with Gasteiger partial charge in [-0.1, -0.05) is 18.9 Å². The van der Waals surface area contributed by atoms with E-state index in [2.05, 4.69) is 25.6 Å². The lowest BCUT2D eigenvalue weighted by molar-refractivity contribution is 0.252. The third-order valence-corrected chi connectivity index (χ3v) is 8.32. The van der Waals surface area contributed by atoms with Gasteiger partial charge in [0.15, 0.2) is 10.9 Å². The molecule has 10 nitrogen and oxygen atoms in total. The number of sulfone groups is 1. The number of rotatable bonds is 7. The quantitative estimate of drug-likeness (QED) is 0.399.